The van der Waals surface area contributed by atoms with Crippen molar-refractivity contribution in [3.05, 3.63) is 120 Å². The maximum absolute atomic E-state index is 12.8. The van der Waals surface area contributed by atoms with Gasteiger partial charge in [0.2, 0.25) is 0 Å². The van der Waals surface area contributed by atoms with Gasteiger partial charge in [0.1, 0.15) is 42.1 Å². The number of aromatic nitrogens is 3. The molecule has 1 aliphatic rings. The molecule has 252 valence electrons. The molecule has 0 saturated heterocycles. The van der Waals surface area contributed by atoms with E-state index in [2.05, 4.69) is 15.5 Å². The summed E-state index contributed by atoms with van der Waals surface area (Å²) in [6.07, 6.45) is 4.99. The molecular formula is C37H42N4O7. The molecule has 1 aliphatic heterocycles. The fourth-order valence-electron chi connectivity index (χ4n) is 5.12. The van der Waals surface area contributed by atoms with E-state index in [1.165, 1.54) is 0 Å². The molecule has 0 unspecified atom stereocenters. The molecule has 0 spiro atoms. The van der Waals surface area contributed by atoms with Gasteiger partial charge >= 0.3 is 5.97 Å². The number of hydrogen-bond acceptors (Lipinski definition) is 10. The molecule has 1 N–H and O–H groups in total. The molecule has 11 heteroatoms. The van der Waals surface area contributed by atoms with Gasteiger partial charge in [-0.3, -0.25) is 4.79 Å². The van der Waals surface area contributed by atoms with E-state index in [-0.39, 0.29) is 37.7 Å². The van der Waals surface area contributed by atoms with Crippen molar-refractivity contribution in [2.45, 2.75) is 63.6 Å². The fourth-order valence-corrected chi connectivity index (χ4v) is 5.12. The van der Waals surface area contributed by atoms with E-state index >= 15 is 0 Å². The zero-order chi connectivity index (χ0) is 33.7. The van der Waals surface area contributed by atoms with Crippen molar-refractivity contribution in [3.63, 3.8) is 0 Å². The normalized spacial score (nSPS) is 18.9. The minimum atomic E-state index is -0.531. The van der Waals surface area contributed by atoms with Gasteiger partial charge < -0.3 is 28.9 Å². The van der Waals surface area contributed by atoms with Crippen LogP contribution in [0.25, 0.3) is 0 Å². The molecule has 48 heavy (non-hydrogen) atoms. The Balaban J connectivity index is 1.11. The number of aliphatic hydroxyl groups is 1. The average molecular weight is 655 g/mol. The van der Waals surface area contributed by atoms with Gasteiger partial charge in [0, 0.05) is 0 Å². The second-order valence-corrected chi connectivity index (χ2v) is 11.6. The molecule has 0 radical (unpaired) electrons. The quantitative estimate of drug-likeness (QED) is 0.0672. The summed E-state index contributed by atoms with van der Waals surface area (Å²) in [6, 6.07) is 26.8. The standard InChI is InChI=1S/C37H42N4O7/c1-26(39-48-27(2)33-23-41(40-38-33)30(24-42)22-28-10-6-4-7-11-28)14-21-37(43)45-25-36-35(46-32-17-15-31(44-3)16-18-32)20-19-34(47-36)29-12-8-5-9-13-29/h4-13,15-20,23,27,30,34-36,42H,14,21-22,24-25H2,1-3H3/b39-26-/t27-,30-,34-,35-,36-/m0/s1. The average Bonchev–Trinajstić information content (AvgIpc) is 3.63. The largest absolute Gasteiger partial charge is 0.497 e. The number of carbonyl (C=O) groups is 1. The summed E-state index contributed by atoms with van der Waals surface area (Å²) in [7, 11) is 1.61. The van der Waals surface area contributed by atoms with Crippen molar-refractivity contribution in [2.75, 3.05) is 20.3 Å². The van der Waals surface area contributed by atoms with E-state index in [0.717, 1.165) is 16.9 Å². The highest BCUT2D eigenvalue weighted by Crippen LogP contribution is 2.29. The number of methoxy groups -OCH3 is 1. The molecule has 5 rings (SSSR count). The summed E-state index contributed by atoms with van der Waals surface area (Å²) < 4.78 is 25.1. The van der Waals surface area contributed by atoms with E-state index in [1.807, 2.05) is 104 Å². The predicted molar refractivity (Wildman–Crippen MR) is 180 cm³/mol. The number of oxime groups is 1. The lowest BCUT2D eigenvalue weighted by Crippen LogP contribution is -2.40. The van der Waals surface area contributed by atoms with E-state index in [9.17, 15) is 9.90 Å². The van der Waals surface area contributed by atoms with Gasteiger partial charge in [-0.2, -0.15) is 0 Å². The zero-order valence-electron chi connectivity index (χ0n) is 27.4. The Labute approximate surface area is 280 Å². The predicted octanol–water partition coefficient (Wildman–Crippen LogP) is 5.98. The third-order valence-corrected chi connectivity index (χ3v) is 7.93. The Morgan fingerprint density at radius 3 is 2.40 bits per heavy atom. The first-order valence-electron chi connectivity index (χ1n) is 16.0. The first-order valence-corrected chi connectivity index (χ1v) is 16.0. The number of ether oxygens (including phenoxy) is 4. The first kappa shape index (κ1) is 34.3. The highest BCUT2D eigenvalue weighted by Gasteiger charge is 2.31. The highest BCUT2D eigenvalue weighted by molar-refractivity contribution is 5.85. The lowest BCUT2D eigenvalue weighted by molar-refractivity contribution is -0.152. The van der Waals surface area contributed by atoms with Crippen LogP contribution in [0.5, 0.6) is 11.5 Å². The molecule has 4 aromatic rings. The van der Waals surface area contributed by atoms with Crippen LogP contribution in [-0.2, 0) is 25.5 Å². The third-order valence-electron chi connectivity index (χ3n) is 7.93. The lowest BCUT2D eigenvalue weighted by Gasteiger charge is -2.32. The Morgan fingerprint density at radius 1 is 0.979 bits per heavy atom. The molecule has 0 saturated carbocycles. The lowest BCUT2D eigenvalue weighted by atomic mass is 10.0. The number of carbonyl (C=O) groups excluding carboxylic acids is 1. The SMILES string of the molecule is COc1ccc(O[C@H]2C=C[C@@H](c3ccccc3)O[C@H]2COC(=O)CC/C(C)=N\O[C@@H](C)c2cn([C@H](CO)Cc3ccccc3)nn2)cc1. The van der Waals surface area contributed by atoms with Crippen LogP contribution in [0.3, 0.4) is 0 Å². The number of benzene rings is 3. The molecule has 1 aromatic heterocycles. The van der Waals surface area contributed by atoms with Crippen LogP contribution in [0.1, 0.15) is 61.8 Å². The molecule has 0 amide bonds. The van der Waals surface area contributed by atoms with Crippen LogP contribution in [0.15, 0.2) is 108 Å². The molecule has 5 atom stereocenters. The number of esters is 1. The van der Waals surface area contributed by atoms with E-state index in [1.54, 1.807) is 24.9 Å². The Hall–Kier alpha value is -5.00. The maximum atomic E-state index is 12.8. The van der Waals surface area contributed by atoms with Gasteiger partial charge in [-0.05, 0) is 68.2 Å². The topological polar surface area (TPSA) is 127 Å². The Morgan fingerprint density at radius 2 is 1.69 bits per heavy atom. The number of aliphatic hydroxyl groups excluding tert-OH is 1. The van der Waals surface area contributed by atoms with Crippen LogP contribution in [0.4, 0.5) is 0 Å². The molecule has 0 aliphatic carbocycles. The second kappa shape index (κ2) is 17.2. The van der Waals surface area contributed by atoms with Crippen molar-refractivity contribution in [3.8, 4) is 11.5 Å². The van der Waals surface area contributed by atoms with Crippen LogP contribution >= 0.6 is 0 Å². The summed E-state index contributed by atoms with van der Waals surface area (Å²) in [5, 5.41) is 22.5. The number of hydrogen-bond donors (Lipinski definition) is 1. The third kappa shape index (κ3) is 9.76. The molecule has 0 fully saturated rings. The number of nitrogens with zero attached hydrogens (tertiary/aromatic N) is 4. The maximum Gasteiger partial charge on any atom is 0.306 e. The Bertz CT molecular complexity index is 1630. The van der Waals surface area contributed by atoms with E-state index in [4.69, 9.17) is 23.8 Å². The van der Waals surface area contributed by atoms with Crippen molar-refractivity contribution >= 4 is 11.7 Å². The molecular weight excluding hydrogens is 612 g/mol. The summed E-state index contributed by atoms with van der Waals surface area (Å²) in [6.45, 7) is 3.55. The summed E-state index contributed by atoms with van der Waals surface area (Å²) in [4.78, 5) is 18.4. The highest BCUT2D eigenvalue weighted by atomic mass is 16.6. The molecule has 11 nitrogen and oxygen atoms in total. The first-order chi connectivity index (χ1) is 23.4. The van der Waals surface area contributed by atoms with Gasteiger partial charge in [0.05, 0.1) is 38.1 Å². The van der Waals surface area contributed by atoms with Gasteiger partial charge in [-0.1, -0.05) is 77.1 Å². The summed E-state index contributed by atoms with van der Waals surface area (Å²) in [5.41, 5.74) is 3.30. The van der Waals surface area contributed by atoms with Crippen LogP contribution in [0.2, 0.25) is 0 Å². The minimum Gasteiger partial charge on any atom is -0.497 e. The fraction of sp³-hybridized carbons (Fsp3) is 0.351. The van der Waals surface area contributed by atoms with Gasteiger partial charge in [0.25, 0.3) is 0 Å². The van der Waals surface area contributed by atoms with Crippen LogP contribution < -0.4 is 9.47 Å². The monoisotopic (exact) mass is 654 g/mol. The molecule has 3 aromatic carbocycles. The summed E-state index contributed by atoms with van der Waals surface area (Å²) >= 11 is 0. The molecule has 2 heterocycles. The second-order valence-electron chi connectivity index (χ2n) is 11.6. The smallest absolute Gasteiger partial charge is 0.306 e. The van der Waals surface area contributed by atoms with Crippen molar-refractivity contribution in [1.29, 1.82) is 0 Å². The van der Waals surface area contributed by atoms with Crippen LogP contribution in [-0.4, -0.2) is 64.3 Å². The van der Waals surface area contributed by atoms with Crippen LogP contribution in [0, 0.1) is 0 Å². The van der Waals surface area contributed by atoms with Gasteiger partial charge in [-0.15, -0.1) is 5.10 Å². The van der Waals surface area contributed by atoms with Crippen molar-refractivity contribution in [1.82, 2.24) is 15.0 Å². The number of rotatable bonds is 16. The van der Waals surface area contributed by atoms with Gasteiger partial charge in [-0.25, -0.2) is 4.68 Å². The molecule has 0 bridgehead atoms. The van der Waals surface area contributed by atoms with Crippen molar-refractivity contribution < 1.29 is 33.7 Å². The van der Waals surface area contributed by atoms with Crippen molar-refractivity contribution in [2.24, 2.45) is 5.16 Å². The van der Waals surface area contributed by atoms with Gasteiger partial charge in [0.15, 0.2) is 6.10 Å². The summed E-state index contributed by atoms with van der Waals surface area (Å²) in [5.74, 6) is 0.990. The van der Waals surface area contributed by atoms with E-state index in [0.29, 0.717) is 30.0 Å². The van der Waals surface area contributed by atoms with E-state index < -0.39 is 18.3 Å². The Kier molecular flexibility index (Phi) is 12.3. The minimum absolute atomic E-state index is 0.0197. The zero-order valence-corrected chi connectivity index (χ0v) is 27.4.